The lowest BCUT2D eigenvalue weighted by molar-refractivity contribution is -0.138. The van der Waals surface area contributed by atoms with Gasteiger partial charge in [-0.1, -0.05) is 22.0 Å². The molecule has 4 rings (SSSR count). The number of halogens is 2. The van der Waals surface area contributed by atoms with Gasteiger partial charge in [-0.05, 0) is 62.2 Å². The van der Waals surface area contributed by atoms with E-state index in [0.29, 0.717) is 52.6 Å². The van der Waals surface area contributed by atoms with Crippen LogP contribution >= 0.6 is 27.3 Å². The van der Waals surface area contributed by atoms with Gasteiger partial charge in [0.05, 0.1) is 61.1 Å². The Morgan fingerprint density at radius 3 is 2.83 bits per heavy atom. The quantitative estimate of drug-likeness (QED) is 0.183. The van der Waals surface area contributed by atoms with E-state index in [4.69, 9.17) is 24.2 Å². The first-order valence-electron chi connectivity index (χ1n) is 13.0. The molecule has 1 aromatic heterocycles. The molecule has 11 heteroatoms. The van der Waals surface area contributed by atoms with E-state index in [1.807, 2.05) is 32.0 Å². The number of thiazole rings is 1. The normalized spacial score (nSPS) is 18.0. The Kier molecular flexibility index (Phi) is 10.4. The number of aliphatic imine (C=N–C) groups is 1. The molecular weight excluding hydrogens is 601 g/mol. The van der Waals surface area contributed by atoms with Crippen LogP contribution in [-0.4, -0.2) is 79.3 Å². The van der Waals surface area contributed by atoms with Gasteiger partial charge in [-0.2, -0.15) is 0 Å². The predicted octanol–water partition coefficient (Wildman–Crippen LogP) is 5.33. The van der Waals surface area contributed by atoms with Crippen LogP contribution in [-0.2, 0) is 14.3 Å². The topological polar surface area (TPSA) is 93.5 Å². The van der Waals surface area contributed by atoms with Gasteiger partial charge in [0.15, 0.2) is 0 Å². The van der Waals surface area contributed by atoms with Gasteiger partial charge in [0.2, 0.25) is 0 Å². The molecule has 40 heavy (non-hydrogen) atoms. The van der Waals surface area contributed by atoms with Crippen LogP contribution in [0.15, 0.2) is 57.0 Å². The van der Waals surface area contributed by atoms with E-state index in [1.54, 1.807) is 20.1 Å². The van der Waals surface area contributed by atoms with Crippen LogP contribution in [0.2, 0.25) is 0 Å². The monoisotopic (exact) mass is 633 g/mol. The lowest BCUT2D eigenvalue weighted by atomic mass is 9.94. The first-order valence-corrected chi connectivity index (χ1v) is 14.6. The van der Waals surface area contributed by atoms with Gasteiger partial charge in [0.25, 0.3) is 0 Å². The number of aliphatic hydroxyl groups is 1. The third-order valence-corrected chi connectivity index (χ3v) is 8.53. The van der Waals surface area contributed by atoms with Crippen molar-refractivity contribution in [3.8, 4) is 5.75 Å². The minimum atomic E-state index is -0.802. The fourth-order valence-corrected chi connectivity index (χ4v) is 6.15. The lowest BCUT2D eigenvalue weighted by Crippen LogP contribution is -2.48. The molecule has 1 N–H and O–H groups in total. The number of benzene rings is 2. The van der Waals surface area contributed by atoms with Gasteiger partial charge >= 0.3 is 5.97 Å². The highest BCUT2D eigenvalue weighted by molar-refractivity contribution is 9.10. The Morgan fingerprint density at radius 2 is 2.12 bits per heavy atom. The number of carbonyl (C=O) groups is 1. The molecule has 1 fully saturated rings. The number of carbonyl (C=O) groups excluding carboxylic acids is 1. The van der Waals surface area contributed by atoms with Gasteiger partial charge in [0, 0.05) is 17.6 Å². The molecule has 1 aliphatic rings. The highest BCUT2D eigenvalue weighted by Crippen LogP contribution is 2.36. The van der Waals surface area contributed by atoms with E-state index in [-0.39, 0.29) is 19.3 Å². The van der Waals surface area contributed by atoms with Crippen LogP contribution < -0.4 is 4.74 Å². The molecule has 0 radical (unpaired) electrons. The predicted molar refractivity (Wildman–Crippen MR) is 158 cm³/mol. The summed E-state index contributed by atoms with van der Waals surface area (Å²) < 4.78 is 31.9. The zero-order valence-corrected chi connectivity index (χ0v) is 25.3. The second kappa shape index (κ2) is 13.8. The maximum Gasteiger partial charge on any atom is 0.336 e. The summed E-state index contributed by atoms with van der Waals surface area (Å²) >= 11 is 4.97. The number of ether oxygens (including phenoxy) is 3. The second-order valence-electron chi connectivity index (χ2n) is 9.43. The van der Waals surface area contributed by atoms with Crippen LogP contribution in [0.1, 0.15) is 37.4 Å². The summed E-state index contributed by atoms with van der Waals surface area (Å²) in [6.45, 7) is 7.56. The van der Waals surface area contributed by atoms with Crippen LogP contribution in [0.25, 0.3) is 10.2 Å². The van der Waals surface area contributed by atoms with Crippen molar-refractivity contribution < 1.29 is 28.5 Å². The van der Waals surface area contributed by atoms with Crippen LogP contribution in [0.3, 0.4) is 0 Å². The Hall–Kier alpha value is -2.70. The molecule has 2 unspecified atom stereocenters. The Morgan fingerprint density at radius 1 is 1.32 bits per heavy atom. The summed E-state index contributed by atoms with van der Waals surface area (Å²) in [5, 5.41) is 10.6. The maximum atomic E-state index is 14.1. The third kappa shape index (κ3) is 6.95. The number of morpholine rings is 1. The fourth-order valence-electron chi connectivity index (χ4n) is 4.63. The number of hydrogen-bond donors (Lipinski definition) is 1. The summed E-state index contributed by atoms with van der Waals surface area (Å²) in [4.78, 5) is 25.4. The number of aromatic nitrogens is 1. The molecule has 2 atom stereocenters. The molecule has 0 aliphatic carbocycles. The van der Waals surface area contributed by atoms with Crippen molar-refractivity contribution in [1.82, 2.24) is 9.88 Å². The molecule has 1 saturated heterocycles. The molecule has 1 aliphatic heterocycles. The van der Waals surface area contributed by atoms with Gasteiger partial charge in [-0.25, -0.2) is 14.2 Å². The Labute approximate surface area is 245 Å². The molecule has 2 heterocycles. The van der Waals surface area contributed by atoms with E-state index in [1.165, 1.54) is 23.5 Å². The molecule has 0 spiro atoms. The van der Waals surface area contributed by atoms with Crippen molar-refractivity contribution in [1.29, 1.82) is 0 Å². The van der Waals surface area contributed by atoms with E-state index in [2.05, 4.69) is 20.8 Å². The molecule has 0 bridgehead atoms. The molecule has 0 saturated carbocycles. The number of rotatable bonds is 10. The Balaban J connectivity index is 1.84. The van der Waals surface area contributed by atoms with Crippen LogP contribution in [0.4, 0.5) is 4.39 Å². The van der Waals surface area contributed by atoms with Crippen molar-refractivity contribution in [3.05, 3.63) is 68.4 Å². The van der Waals surface area contributed by atoms with Crippen molar-refractivity contribution in [2.24, 2.45) is 4.99 Å². The molecule has 0 amide bonds. The average Bonchev–Trinajstić information content (AvgIpc) is 3.37. The standard InChI is InChI=1S/C29H33BrFN3O5S/c1-5-39-29(36)26(17(2)14-34-10-11-38-16-20(34)15-35)27(22-8-6-19(31)12-23(22)30)32-18(3)28-33-24-9-7-21(37-4)13-25(24)40-28/h6-9,12-13,20,27,35H,5,10-11,14-16H2,1-4H3/b26-17-,32-18?. The SMILES string of the molecule is CCOC(=O)/C(=C(/C)CN1CCOCC1CO)C(N=C(C)c1nc2ccc(OC)cc2s1)c1ccc(F)cc1Br. The van der Waals surface area contributed by atoms with E-state index in [0.717, 1.165) is 21.5 Å². The molecule has 2 aromatic carbocycles. The summed E-state index contributed by atoms with van der Waals surface area (Å²) in [5.41, 5.74) is 3.15. The number of methoxy groups -OCH3 is 1. The smallest absolute Gasteiger partial charge is 0.336 e. The highest BCUT2D eigenvalue weighted by Gasteiger charge is 2.31. The summed E-state index contributed by atoms with van der Waals surface area (Å²) in [6, 6.07) is 9.02. The fraction of sp³-hybridized carbons (Fsp3) is 0.414. The first kappa shape index (κ1) is 30.3. The van der Waals surface area contributed by atoms with Crippen LogP contribution in [0, 0.1) is 5.82 Å². The van der Waals surface area contributed by atoms with Crippen LogP contribution in [0.5, 0.6) is 5.75 Å². The maximum absolute atomic E-state index is 14.1. The Bertz CT molecular complexity index is 1430. The van der Waals surface area contributed by atoms with Gasteiger partial charge in [-0.15, -0.1) is 11.3 Å². The minimum Gasteiger partial charge on any atom is -0.497 e. The van der Waals surface area contributed by atoms with Crippen molar-refractivity contribution >= 4 is 49.2 Å². The lowest BCUT2D eigenvalue weighted by Gasteiger charge is -2.35. The van der Waals surface area contributed by atoms with E-state index >= 15 is 0 Å². The second-order valence-corrected chi connectivity index (χ2v) is 11.3. The average molecular weight is 635 g/mol. The van der Waals surface area contributed by atoms with Gasteiger partial charge in [-0.3, -0.25) is 9.89 Å². The first-order chi connectivity index (χ1) is 19.2. The number of esters is 1. The molecule has 214 valence electrons. The highest BCUT2D eigenvalue weighted by atomic mass is 79.9. The summed E-state index contributed by atoms with van der Waals surface area (Å²) in [5.74, 6) is -0.175. The summed E-state index contributed by atoms with van der Waals surface area (Å²) in [7, 11) is 1.62. The van der Waals surface area contributed by atoms with E-state index < -0.39 is 17.8 Å². The summed E-state index contributed by atoms with van der Waals surface area (Å²) in [6.07, 6.45) is 0. The molecule has 8 nitrogen and oxygen atoms in total. The van der Waals surface area contributed by atoms with Gasteiger partial charge < -0.3 is 19.3 Å². The molecule has 3 aromatic rings. The number of nitrogens with zero attached hydrogens (tertiary/aromatic N) is 3. The third-order valence-electron chi connectivity index (χ3n) is 6.71. The van der Waals surface area contributed by atoms with Crippen molar-refractivity contribution in [2.75, 3.05) is 46.6 Å². The van der Waals surface area contributed by atoms with Crippen molar-refractivity contribution in [3.63, 3.8) is 0 Å². The van der Waals surface area contributed by atoms with Crippen molar-refractivity contribution in [2.45, 2.75) is 32.9 Å². The van der Waals surface area contributed by atoms with E-state index in [9.17, 15) is 14.3 Å². The number of aliphatic hydroxyl groups excluding tert-OH is 1. The number of hydrogen-bond acceptors (Lipinski definition) is 9. The zero-order chi connectivity index (χ0) is 28.8. The zero-order valence-electron chi connectivity index (χ0n) is 22.9. The molecular formula is C29H33BrFN3O5S. The largest absolute Gasteiger partial charge is 0.497 e. The minimum absolute atomic E-state index is 0.0609. The van der Waals surface area contributed by atoms with Gasteiger partial charge in [0.1, 0.15) is 22.6 Å². The number of fused-ring (bicyclic) bond motifs is 1.